The molecule has 3 nitrogen and oxygen atoms in total. The number of hydrogen-bond acceptors (Lipinski definition) is 3. The van der Waals surface area contributed by atoms with Gasteiger partial charge in [-0.15, -0.1) is 0 Å². The molecule has 0 aliphatic heterocycles. The average molecular weight is 333 g/mol. The van der Waals surface area contributed by atoms with E-state index in [1.807, 2.05) is 0 Å². The van der Waals surface area contributed by atoms with Crippen molar-refractivity contribution in [3.05, 3.63) is 29.1 Å². The summed E-state index contributed by atoms with van der Waals surface area (Å²) in [6, 6.07) is 0. The molecule has 0 heterocycles. The Bertz CT molecular complexity index is 427. The maximum absolute atomic E-state index is 13.5. The first kappa shape index (κ1) is 15.4. The van der Waals surface area contributed by atoms with Crippen LogP contribution in [0.25, 0.3) is 0 Å². The Morgan fingerprint density at radius 1 is 0.611 bits per heavy atom. The van der Waals surface area contributed by atoms with Gasteiger partial charge in [-0.05, 0) is 0 Å². The Hall–Kier alpha value is -0.707. The summed E-state index contributed by atoms with van der Waals surface area (Å²) in [5, 5.41) is 0. The van der Waals surface area contributed by atoms with Crippen molar-refractivity contribution in [2.24, 2.45) is 0 Å². The van der Waals surface area contributed by atoms with E-state index in [0.29, 0.717) is 0 Å². The van der Waals surface area contributed by atoms with Crippen molar-refractivity contribution in [2.45, 2.75) is 0 Å². The van der Waals surface area contributed by atoms with Crippen molar-refractivity contribution in [1.82, 2.24) is 0 Å². The van der Waals surface area contributed by atoms with Crippen molar-refractivity contribution in [3.63, 3.8) is 0 Å². The molecule has 0 aromatic heterocycles. The van der Waals surface area contributed by atoms with E-state index in [0.717, 1.165) is 21.3 Å². The van der Waals surface area contributed by atoms with Crippen molar-refractivity contribution < 1.29 is 33.2 Å². The van der Waals surface area contributed by atoms with Gasteiger partial charge >= 0.3 is 102 Å². The van der Waals surface area contributed by atoms with Crippen LogP contribution in [-0.4, -0.2) is 35.6 Å². The summed E-state index contributed by atoms with van der Waals surface area (Å²) >= 11 is -4.74. The monoisotopic (exact) mass is 334 g/mol. The minimum absolute atomic E-state index is 1.01. The molecule has 0 atom stereocenters. The molecule has 0 fully saturated rings. The summed E-state index contributed by atoms with van der Waals surface area (Å²) in [6.45, 7) is 0. The third kappa shape index (κ3) is 2.13. The number of benzene rings is 1. The molecular formula is C9H9F5GeO3. The van der Waals surface area contributed by atoms with E-state index in [1.54, 1.807) is 0 Å². The van der Waals surface area contributed by atoms with Gasteiger partial charge in [0, 0.05) is 0 Å². The maximum atomic E-state index is 13.5. The van der Waals surface area contributed by atoms with E-state index in [-0.39, 0.29) is 0 Å². The molecule has 1 rings (SSSR count). The summed E-state index contributed by atoms with van der Waals surface area (Å²) in [7, 11) is 3.02. The molecule has 0 saturated heterocycles. The van der Waals surface area contributed by atoms with E-state index in [9.17, 15) is 22.0 Å². The predicted octanol–water partition coefficient (Wildman–Crippen LogP) is 1.47. The molecule has 0 aliphatic carbocycles. The van der Waals surface area contributed by atoms with E-state index < -0.39 is 47.8 Å². The average Bonchev–Trinajstić information content (AvgIpc) is 2.39. The molecule has 0 spiro atoms. The zero-order chi connectivity index (χ0) is 14.1. The molecule has 102 valence electrons. The zero-order valence-corrected chi connectivity index (χ0v) is 11.7. The Kier molecular flexibility index (Phi) is 4.70. The summed E-state index contributed by atoms with van der Waals surface area (Å²) in [5.41, 5.74) is 0. The van der Waals surface area contributed by atoms with Gasteiger partial charge in [-0.2, -0.15) is 0 Å². The molecule has 0 amide bonds. The van der Waals surface area contributed by atoms with Crippen molar-refractivity contribution in [1.29, 1.82) is 0 Å². The second-order valence-corrected chi connectivity index (χ2v) is 9.07. The SMILES string of the molecule is C[O][Ge]([O]C)([O]C)[c]1c(F)c(F)c(F)c(F)c1F. The van der Waals surface area contributed by atoms with Crippen LogP contribution in [0.5, 0.6) is 0 Å². The van der Waals surface area contributed by atoms with Gasteiger partial charge in [0.1, 0.15) is 0 Å². The molecule has 0 aliphatic rings. The van der Waals surface area contributed by atoms with Crippen LogP contribution in [0.2, 0.25) is 0 Å². The standard InChI is InChI=1S/C9H9F5GeO3/c1-16-15(17-2,18-3)9-7(13)5(11)4(10)6(12)8(9)14/h1-3H3. The quantitative estimate of drug-likeness (QED) is 0.362. The van der Waals surface area contributed by atoms with Crippen molar-refractivity contribution in [3.8, 4) is 0 Å². The first-order chi connectivity index (χ1) is 8.36. The Labute approximate surface area is 103 Å². The molecule has 1 aromatic rings. The van der Waals surface area contributed by atoms with Crippen LogP contribution in [0.15, 0.2) is 0 Å². The van der Waals surface area contributed by atoms with E-state index in [4.69, 9.17) is 11.3 Å². The summed E-state index contributed by atoms with van der Waals surface area (Å²) < 4.78 is 79.1. The second kappa shape index (κ2) is 5.51. The fraction of sp³-hybridized carbons (Fsp3) is 0.333. The topological polar surface area (TPSA) is 27.7 Å². The van der Waals surface area contributed by atoms with Crippen LogP contribution in [0.3, 0.4) is 0 Å². The first-order valence-corrected chi connectivity index (χ1v) is 8.15. The minimum atomic E-state index is -4.74. The van der Waals surface area contributed by atoms with Crippen LogP contribution in [-0.2, 0) is 11.3 Å². The first-order valence-electron chi connectivity index (χ1n) is 4.53. The van der Waals surface area contributed by atoms with Gasteiger partial charge in [-0.3, -0.25) is 0 Å². The Morgan fingerprint density at radius 2 is 0.889 bits per heavy atom. The van der Waals surface area contributed by atoms with Crippen LogP contribution in [0, 0.1) is 29.1 Å². The van der Waals surface area contributed by atoms with Crippen molar-refractivity contribution >= 4 is 18.7 Å². The summed E-state index contributed by atoms with van der Waals surface area (Å²) in [4.78, 5) is 0. The summed E-state index contributed by atoms with van der Waals surface area (Å²) in [5.74, 6) is -10.4. The molecule has 0 saturated carbocycles. The third-order valence-electron chi connectivity index (χ3n) is 2.32. The fourth-order valence-corrected chi connectivity index (χ4v) is 5.35. The van der Waals surface area contributed by atoms with Gasteiger partial charge in [0.25, 0.3) is 0 Å². The molecule has 9 heteroatoms. The molecule has 0 bridgehead atoms. The fourth-order valence-electron chi connectivity index (χ4n) is 1.43. The van der Waals surface area contributed by atoms with E-state index in [2.05, 4.69) is 0 Å². The third-order valence-corrected chi connectivity index (χ3v) is 7.91. The summed E-state index contributed by atoms with van der Waals surface area (Å²) in [6.07, 6.45) is 0. The molecule has 1 aromatic carbocycles. The molecular weight excluding hydrogens is 324 g/mol. The molecule has 18 heavy (non-hydrogen) atoms. The van der Waals surface area contributed by atoms with Gasteiger partial charge < -0.3 is 0 Å². The zero-order valence-electron chi connectivity index (χ0n) is 9.61. The van der Waals surface area contributed by atoms with Gasteiger partial charge in [-0.1, -0.05) is 0 Å². The number of hydrogen-bond donors (Lipinski definition) is 0. The van der Waals surface area contributed by atoms with E-state index >= 15 is 0 Å². The Balaban J connectivity index is 3.69. The van der Waals surface area contributed by atoms with Crippen LogP contribution in [0.4, 0.5) is 22.0 Å². The van der Waals surface area contributed by atoms with Gasteiger partial charge in [0.2, 0.25) is 0 Å². The van der Waals surface area contributed by atoms with Crippen LogP contribution >= 0.6 is 0 Å². The van der Waals surface area contributed by atoms with Crippen LogP contribution in [0.1, 0.15) is 0 Å². The van der Waals surface area contributed by atoms with Crippen molar-refractivity contribution in [2.75, 3.05) is 21.3 Å². The molecule has 0 unspecified atom stereocenters. The number of rotatable bonds is 4. The number of halogens is 5. The van der Waals surface area contributed by atoms with Crippen LogP contribution < -0.4 is 4.40 Å². The molecule has 0 N–H and O–H groups in total. The van der Waals surface area contributed by atoms with Gasteiger partial charge in [-0.25, -0.2) is 0 Å². The normalized spacial score (nSPS) is 12.0. The second-order valence-electron chi connectivity index (χ2n) is 3.11. The molecule has 0 radical (unpaired) electrons. The van der Waals surface area contributed by atoms with Gasteiger partial charge in [0.15, 0.2) is 0 Å². The van der Waals surface area contributed by atoms with E-state index in [1.165, 1.54) is 0 Å². The Morgan fingerprint density at radius 3 is 1.17 bits per heavy atom. The van der Waals surface area contributed by atoms with Gasteiger partial charge in [0.05, 0.1) is 0 Å². The predicted molar refractivity (Wildman–Crippen MR) is 52.6 cm³/mol.